The molecule has 8 heteroatoms. The van der Waals surface area contributed by atoms with Crippen molar-refractivity contribution in [2.75, 3.05) is 30.0 Å². The van der Waals surface area contributed by atoms with Gasteiger partial charge in [0, 0.05) is 19.2 Å². The van der Waals surface area contributed by atoms with E-state index in [4.69, 9.17) is 4.74 Å². The van der Waals surface area contributed by atoms with Crippen molar-refractivity contribution in [1.82, 2.24) is 9.97 Å². The first-order chi connectivity index (χ1) is 13.2. The number of ether oxygens (including phenoxy) is 1. The lowest BCUT2D eigenvalue weighted by Crippen LogP contribution is -2.33. The average molecular weight is 376 g/mol. The van der Waals surface area contributed by atoms with Gasteiger partial charge in [-0.05, 0) is 37.0 Å². The predicted molar refractivity (Wildman–Crippen MR) is 96.6 cm³/mol. The van der Waals surface area contributed by atoms with E-state index in [1.165, 1.54) is 12.4 Å². The van der Waals surface area contributed by atoms with Crippen LogP contribution in [0.1, 0.15) is 30.9 Å². The Morgan fingerprint density at radius 2 is 2.07 bits per heavy atom. The molecule has 2 fully saturated rings. The lowest BCUT2D eigenvalue weighted by molar-refractivity contribution is 0.107. The highest BCUT2D eigenvalue weighted by molar-refractivity contribution is 5.50. The number of rotatable bonds is 5. The summed E-state index contributed by atoms with van der Waals surface area (Å²) in [6.45, 7) is 1.48. The number of nitrogens with zero attached hydrogens (tertiary/aromatic N) is 3. The van der Waals surface area contributed by atoms with Crippen LogP contribution in [0.15, 0.2) is 30.6 Å². The second-order valence-corrected chi connectivity index (χ2v) is 6.94. The number of nitrogens with one attached hydrogen (secondary N) is 1. The Hall–Kier alpha value is -2.32. The van der Waals surface area contributed by atoms with E-state index in [2.05, 4.69) is 20.2 Å². The highest BCUT2D eigenvalue weighted by Gasteiger charge is 2.31. The van der Waals surface area contributed by atoms with E-state index in [9.17, 15) is 13.9 Å². The number of aliphatic hydroxyl groups is 1. The fourth-order valence-corrected chi connectivity index (χ4v) is 3.86. The van der Waals surface area contributed by atoms with Crippen molar-refractivity contribution >= 4 is 11.6 Å². The molecule has 3 atom stereocenters. The van der Waals surface area contributed by atoms with Gasteiger partial charge in [-0.15, -0.1) is 0 Å². The van der Waals surface area contributed by atoms with Crippen LogP contribution in [0.3, 0.4) is 0 Å². The van der Waals surface area contributed by atoms with E-state index in [1.807, 2.05) is 6.07 Å². The van der Waals surface area contributed by atoms with Crippen LogP contribution in [0.25, 0.3) is 0 Å². The van der Waals surface area contributed by atoms with Gasteiger partial charge in [0.1, 0.15) is 24.1 Å². The third kappa shape index (κ3) is 3.72. The van der Waals surface area contributed by atoms with Gasteiger partial charge >= 0.3 is 0 Å². The lowest BCUT2D eigenvalue weighted by Gasteiger charge is -2.25. The quantitative estimate of drug-likeness (QED) is 0.836. The molecule has 2 aliphatic rings. The molecular weight excluding hydrogens is 354 g/mol. The highest BCUT2D eigenvalue weighted by Crippen LogP contribution is 2.32. The second kappa shape index (κ2) is 7.74. The summed E-state index contributed by atoms with van der Waals surface area (Å²) in [6.07, 6.45) is 3.80. The molecule has 2 N–H and O–H groups in total. The molecule has 2 aromatic rings. The number of aliphatic hydroxyl groups excluding tert-OH is 1. The lowest BCUT2D eigenvalue weighted by atomic mass is 10.0. The third-order valence-electron chi connectivity index (χ3n) is 5.23. The molecule has 144 valence electrons. The minimum atomic E-state index is -0.879. The molecular formula is C19H22F2N4O2. The first-order valence-electron chi connectivity index (χ1n) is 9.18. The average Bonchev–Trinajstić information content (AvgIpc) is 3.33. The zero-order chi connectivity index (χ0) is 18.8. The molecule has 2 saturated heterocycles. The normalized spacial score (nSPS) is 25.1. The molecule has 0 amide bonds. The van der Waals surface area contributed by atoms with Gasteiger partial charge in [-0.1, -0.05) is 6.07 Å². The predicted octanol–water partition coefficient (Wildman–Crippen LogP) is 2.66. The van der Waals surface area contributed by atoms with Gasteiger partial charge in [-0.25, -0.2) is 18.7 Å². The Morgan fingerprint density at radius 3 is 2.89 bits per heavy atom. The molecule has 6 nitrogen and oxygen atoms in total. The molecule has 2 aliphatic heterocycles. The molecule has 0 bridgehead atoms. The van der Waals surface area contributed by atoms with E-state index in [1.54, 1.807) is 6.07 Å². The van der Waals surface area contributed by atoms with Gasteiger partial charge in [-0.2, -0.15) is 0 Å². The van der Waals surface area contributed by atoms with Crippen LogP contribution in [-0.4, -0.2) is 46.9 Å². The van der Waals surface area contributed by atoms with Gasteiger partial charge in [0.05, 0.1) is 18.7 Å². The third-order valence-corrected chi connectivity index (χ3v) is 5.23. The van der Waals surface area contributed by atoms with E-state index in [0.717, 1.165) is 37.7 Å². The maximum Gasteiger partial charge on any atom is 0.159 e. The van der Waals surface area contributed by atoms with Crippen LogP contribution in [0.5, 0.6) is 0 Å². The maximum atomic E-state index is 13.6. The van der Waals surface area contributed by atoms with Crippen molar-refractivity contribution < 1.29 is 18.6 Å². The number of benzene rings is 1. The molecule has 3 heterocycles. The maximum absolute atomic E-state index is 13.6. The van der Waals surface area contributed by atoms with Crippen LogP contribution < -0.4 is 10.2 Å². The summed E-state index contributed by atoms with van der Waals surface area (Å²) in [5.41, 5.74) is 0.595. The Morgan fingerprint density at radius 1 is 1.19 bits per heavy atom. The SMILES string of the molecule is OCC1CCCN1c1cc(NC2CCOC2c2ccc(F)c(F)c2)ncn1. The van der Waals surface area contributed by atoms with E-state index < -0.39 is 11.6 Å². The van der Waals surface area contributed by atoms with Crippen LogP contribution in [0.4, 0.5) is 20.4 Å². The fourth-order valence-electron chi connectivity index (χ4n) is 3.86. The number of hydrogen-bond donors (Lipinski definition) is 2. The zero-order valence-electron chi connectivity index (χ0n) is 14.8. The summed E-state index contributed by atoms with van der Waals surface area (Å²) in [5.74, 6) is -0.333. The Labute approximate surface area is 156 Å². The Kier molecular flexibility index (Phi) is 5.18. The summed E-state index contributed by atoms with van der Waals surface area (Å²) in [7, 11) is 0. The first kappa shape index (κ1) is 18.1. The molecule has 0 spiro atoms. The molecule has 0 saturated carbocycles. The Bertz CT molecular complexity index is 807. The van der Waals surface area contributed by atoms with Crippen LogP contribution in [0.2, 0.25) is 0 Å². The topological polar surface area (TPSA) is 70.5 Å². The van der Waals surface area contributed by atoms with Crippen molar-refractivity contribution in [3.8, 4) is 0 Å². The van der Waals surface area contributed by atoms with Crippen molar-refractivity contribution in [2.24, 2.45) is 0 Å². The van der Waals surface area contributed by atoms with E-state index >= 15 is 0 Å². The zero-order valence-corrected chi connectivity index (χ0v) is 14.8. The number of hydrogen-bond acceptors (Lipinski definition) is 6. The van der Waals surface area contributed by atoms with Crippen LogP contribution in [0, 0.1) is 11.6 Å². The van der Waals surface area contributed by atoms with Crippen LogP contribution >= 0.6 is 0 Å². The smallest absolute Gasteiger partial charge is 0.159 e. The second-order valence-electron chi connectivity index (χ2n) is 6.94. The molecule has 1 aromatic carbocycles. The van der Waals surface area contributed by atoms with Crippen molar-refractivity contribution in [2.45, 2.75) is 37.5 Å². The van der Waals surface area contributed by atoms with E-state index in [-0.39, 0.29) is 24.8 Å². The molecule has 3 unspecified atom stereocenters. The van der Waals surface area contributed by atoms with Crippen LogP contribution in [-0.2, 0) is 4.74 Å². The minimum Gasteiger partial charge on any atom is -0.394 e. The van der Waals surface area contributed by atoms with Crippen molar-refractivity contribution in [3.05, 3.63) is 47.8 Å². The monoisotopic (exact) mass is 376 g/mol. The minimum absolute atomic E-state index is 0.0810. The number of aromatic nitrogens is 2. The molecule has 4 rings (SSSR count). The van der Waals surface area contributed by atoms with Crippen molar-refractivity contribution in [3.63, 3.8) is 0 Å². The highest BCUT2D eigenvalue weighted by atomic mass is 19.2. The largest absolute Gasteiger partial charge is 0.394 e. The van der Waals surface area contributed by atoms with Crippen molar-refractivity contribution in [1.29, 1.82) is 0 Å². The number of halogens is 2. The van der Waals surface area contributed by atoms with Gasteiger partial charge in [0.15, 0.2) is 11.6 Å². The van der Waals surface area contributed by atoms with Gasteiger partial charge < -0.3 is 20.1 Å². The Balaban J connectivity index is 1.51. The van der Waals surface area contributed by atoms with Gasteiger partial charge in [-0.3, -0.25) is 0 Å². The summed E-state index contributed by atoms with van der Waals surface area (Å²) >= 11 is 0. The van der Waals surface area contributed by atoms with Gasteiger partial charge in [0.2, 0.25) is 0 Å². The summed E-state index contributed by atoms with van der Waals surface area (Å²) < 4.78 is 32.5. The van der Waals surface area contributed by atoms with E-state index in [0.29, 0.717) is 18.0 Å². The summed E-state index contributed by atoms with van der Waals surface area (Å²) in [4.78, 5) is 10.7. The summed E-state index contributed by atoms with van der Waals surface area (Å²) in [6, 6.07) is 5.68. The molecule has 1 aromatic heterocycles. The van der Waals surface area contributed by atoms with Gasteiger partial charge in [0.25, 0.3) is 0 Å². The standard InChI is InChI=1S/C19H22F2N4O2/c20-14-4-3-12(8-15(14)21)19-16(5-7-27-19)24-17-9-18(23-11-22-17)25-6-1-2-13(25)10-26/h3-4,8-9,11,13,16,19,26H,1-2,5-7,10H2,(H,22,23,24). The summed E-state index contributed by atoms with van der Waals surface area (Å²) in [5, 5.41) is 12.9. The molecule has 27 heavy (non-hydrogen) atoms. The fraction of sp³-hybridized carbons (Fsp3) is 0.474. The molecule has 0 aliphatic carbocycles. The molecule has 0 radical (unpaired) electrons. The number of anilines is 2. The first-order valence-corrected chi connectivity index (χ1v) is 9.18.